The van der Waals surface area contributed by atoms with E-state index in [0.29, 0.717) is 0 Å². The zero-order chi connectivity index (χ0) is 37.4. The molecule has 0 spiro atoms. The summed E-state index contributed by atoms with van der Waals surface area (Å²) < 4.78 is 69.9. The Kier molecular flexibility index (Phi) is 13.7. The molecule has 6 rings (SSSR count). The van der Waals surface area contributed by atoms with Crippen molar-refractivity contribution in [3.8, 4) is 0 Å². The summed E-state index contributed by atoms with van der Waals surface area (Å²) in [5.74, 6) is -2.79. The van der Waals surface area contributed by atoms with Gasteiger partial charge in [-0.3, -0.25) is 0 Å². The largest absolute Gasteiger partial charge is 0.394 e. The predicted molar refractivity (Wildman–Crippen MR) is 189 cm³/mol. The van der Waals surface area contributed by atoms with Crippen LogP contribution in [0.15, 0.2) is 91.0 Å². The number of benzene rings is 3. The standard InChI is InChI=1S/C40H52O13/c1-39(44-4)40(2,45-5)53-36-34(52-39)32(30(22-42)49-37(36)43-3)51-38-35(48-25-28-19-13-8-14-20-28)33(47-24-27-17-11-7-12-18-27)31(29(21-41)50-38)46-23-26-15-9-6-10-16-26/h6-20,29-38,41-42H,21-25H2,1-5H3/t29-,30-,31-,32-,33+,34+,35+,36-,37+,38?,39-,40-/m1/s1. The van der Waals surface area contributed by atoms with Crippen molar-refractivity contribution < 1.29 is 62.3 Å². The number of aliphatic hydroxyl groups excluding tert-OH is 2. The third-order valence-electron chi connectivity index (χ3n) is 10.2. The lowest BCUT2D eigenvalue weighted by Crippen LogP contribution is -2.74. The van der Waals surface area contributed by atoms with Gasteiger partial charge in [-0.15, -0.1) is 0 Å². The van der Waals surface area contributed by atoms with Crippen LogP contribution in [0.3, 0.4) is 0 Å². The summed E-state index contributed by atoms with van der Waals surface area (Å²) >= 11 is 0. The second kappa shape index (κ2) is 18.2. The Morgan fingerprint density at radius 3 is 1.40 bits per heavy atom. The average Bonchev–Trinajstić information content (AvgIpc) is 3.20. The Morgan fingerprint density at radius 2 is 0.943 bits per heavy atom. The number of aliphatic hydroxyl groups is 2. The van der Waals surface area contributed by atoms with E-state index in [1.807, 2.05) is 91.0 Å². The molecule has 13 nitrogen and oxygen atoms in total. The number of fused-ring (bicyclic) bond motifs is 1. The van der Waals surface area contributed by atoms with Crippen LogP contribution < -0.4 is 0 Å². The van der Waals surface area contributed by atoms with Crippen molar-refractivity contribution in [2.24, 2.45) is 0 Å². The molecule has 3 heterocycles. The third-order valence-corrected chi connectivity index (χ3v) is 10.2. The first-order chi connectivity index (χ1) is 25.8. The fourth-order valence-electron chi connectivity index (χ4n) is 7.00. The minimum Gasteiger partial charge on any atom is -0.394 e. The maximum atomic E-state index is 10.8. The van der Waals surface area contributed by atoms with Crippen molar-refractivity contribution in [1.29, 1.82) is 0 Å². The average molecular weight is 741 g/mol. The maximum absolute atomic E-state index is 10.8. The molecule has 0 aliphatic carbocycles. The molecule has 3 fully saturated rings. The minimum atomic E-state index is -1.41. The van der Waals surface area contributed by atoms with Crippen LogP contribution in [0, 0.1) is 0 Å². The van der Waals surface area contributed by atoms with Crippen LogP contribution in [0.4, 0.5) is 0 Å². The molecule has 0 radical (unpaired) electrons. The van der Waals surface area contributed by atoms with Gasteiger partial charge in [0.15, 0.2) is 12.6 Å². The molecule has 0 amide bonds. The Hall–Kier alpha value is -2.86. The van der Waals surface area contributed by atoms with Gasteiger partial charge in [-0.25, -0.2) is 0 Å². The first-order valence-electron chi connectivity index (χ1n) is 17.9. The fraction of sp³-hybridized carbons (Fsp3) is 0.550. The normalized spacial score (nSPS) is 35.8. The van der Waals surface area contributed by atoms with Gasteiger partial charge in [0.1, 0.15) is 48.8 Å². The van der Waals surface area contributed by atoms with Crippen molar-refractivity contribution in [2.75, 3.05) is 34.5 Å². The highest BCUT2D eigenvalue weighted by molar-refractivity contribution is 5.16. The second-order valence-electron chi connectivity index (χ2n) is 13.5. The molecular weight excluding hydrogens is 688 g/mol. The summed E-state index contributed by atoms with van der Waals surface area (Å²) in [6.45, 7) is 3.17. The summed E-state index contributed by atoms with van der Waals surface area (Å²) in [7, 11) is 4.45. The molecule has 3 aromatic rings. The molecular formula is C40H52O13. The first kappa shape index (κ1) is 39.8. The highest BCUT2D eigenvalue weighted by Gasteiger charge is 2.64. The van der Waals surface area contributed by atoms with Gasteiger partial charge in [0.25, 0.3) is 0 Å². The Bertz CT molecular complexity index is 1520. The van der Waals surface area contributed by atoms with Crippen LogP contribution in [0.5, 0.6) is 0 Å². The van der Waals surface area contributed by atoms with E-state index >= 15 is 0 Å². The van der Waals surface area contributed by atoms with Gasteiger partial charge in [-0.2, -0.15) is 0 Å². The van der Waals surface area contributed by atoms with Gasteiger partial charge in [0.2, 0.25) is 11.6 Å². The lowest BCUT2D eigenvalue weighted by Gasteiger charge is -2.57. The van der Waals surface area contributed by atoms with Gasteiger partial charge in [0, 0.05) is 21.3 Å². The van der Waals surface area contributed by atoms with Crippen molar-refractivity contribution in [3.05, 3.63) is 108 Å². The Labute approximate surface area is 310 Å². The molecule has 3 aliphatic rings. The van der Waals surface area contributed by atoms with Crippen LogP contribution in [0.2, 0.25) is 0 Å². The van der Waals surface area contributed by atoms with Gasteiger partial charge >= 0.3 is 0 Å². The zero-order valence-corrected chi connectivity index (χ0v) is 30.9. The molecule has 53 heavy (non-hydrogen) atoms. The van der Waals surface area contributed by atoms with Crippen molar-refractivity contribution in [1.82, 2.24) is 0 Å². The molecule has 1 unspecified atom stereocenters. The van der Waals surface area contributed by atoms with E-state index in [1.165, 1.54) is 21.3 Å². The zero-order valence-electron chi connectivity index (χ0n) is 30.9. The van der Waals surface area contributed by atoms with Crippen LogP contribution in [-0.2, 0) is 71.9 Å². The first-order valence-corrected chi connectivity index (χ1v) is 17.9. The predicted octanol–water partition coefficient (Wildman–Crippen LogP) is 3.72. The highest BCUT2D eigenvalue weighted by Crippen LogP contribution is 2.45. The van der Waals surface area contributed by atoms with Gasteiger partial charge in [-0.05, 0) is 30.5 Å². The highest BCUT2D eigenvalue weighted by atomic mass is 16.8. The van der Waals surface area contributed by atoms with Crippen molar-refractivity contribution >= 4 is 0 Å². The van der Waals surface area contributed by atoms with Gasteiger partial charge in [-0.1, -0.05) is 91.0 Å². The maximum Gasteiger partial charge on any atom is 0.220 e. The lowest BCUT2D eigenvalue weighted by atomic mass is 9.93. The number of methoxy groups -OCH3 is 3. The molecule has 290 valence electrons. The number of hydrogen-bond acceptors (Lipinski definition) is 13. The molecule has 3 saturated heterocycles. The lowest BCUT2D eigenvalue weighted by molar-refractivity contribution is -0.489. The third kappa shape index (κ3) is 8.84. The smallest absolute Gasteiger partial charge is 0.220 e. The Morgan fingerprint density at radius 1 is 0.528 bits per heavy atom. The molecule has 12 atom stereocenters. The molecule has 0 aromatic heterocycles. The molecule has 3 aliphatic heterocycles. The minimum absolute atomic E-state index is 0.186. The number of ether oxygens (including phenoxy) is 11. The van der Waals surface area contributed by atoms with E-state index < -0.39 is 86.2 Å². The van der Waals surface area contributed by atoms with Crippen molar-refractivity contribution in [3.63, 3.8) is 0 Å². The van der Waals surface area contributed by atoms with Gasteiger partial charge < -0.3 is 62.3 Å². The second-order valence-corrected chi connectivity index (χ2v) is 13.5. The van der Waals surface area contributed by atoms with Crippen molar-refractivity contribution in [2.45, 2.75) is 107 Å². The topological polar surface area (TPSA) is 142 Å². The number of hydrogen-bond donors (Lipinski definition) is 2. The SMILES string of the molecule is CO[C@H]1O[C@H](CO)[C@@H](OC2O[C@H](CO)[C@@H](OCc3ccccc3)[C@H](OCc3ccccc3)[C@@H]2OCc2ccccc2)[C@@H]2O[C@@](C)(OC)[C@](C)(OC)O[C@@H]12. The van der Waals surface area contributed by atoms with E-state index in [-0.39, 0.29) is 19.8 Å². The van der Waals surface area contributed by atoms with E-state index in [1.54, 1.807) is 13.8 Å². The molecule has 0 saturated carbocycles. The Balaban J connectivity index is 1.36. The molecule has 13 heteroatoms. The van der Waals surface area contributed by atoms with Crippen LogP contribution >= 0.6 is 0 Å². The van der Waals surface area contributed by atoms with Crippen LogP contribution in [0.1, 0.15) is 30.5 Å². The summed E-state index contributed by atoms with van der Waals surface area (Å²) in [4.78, 5) is 0. The van der Waals surface area contributed by atoms with E-state index in [9.17, 15) is 10.2 Å². The fourth-order valence-corrected chi connectivity index (χ4v) is 7.00. The number of rotatable bonds is 16. The summed E-state index contributed by atoms with van der Waals surface area (Å²) in [6, 6.07) is 29.2. The van der Waals surface area contributed by atoms with Crippen LogP contribution in [-0.4, -0.2) is 118 Å². The molecule has 0 bridgehead atoms. The van der Waals surface area contributed by atoms with Gasteiger partial charge in [0.05, 0.1) is 33.0 Å². The molecule has 2 N–H and O–H groups in total. The van der Waals surface area contributed by atoms with Crippen LogP contribution in [0.25, 0.3) is 0 Å². The summed E-state index contributed by atoms with van der Waals surface area (Å²) in [5, 5.41) is 21.5. The quantitative estimate of drug-likeness (QED) is 0.221. The van der Waals surface area contributed by atoms with E-state index in [2.05, 4.69) is 0 Å². The summed E-state index contributed by atoms with van der Waals surface area (Å²) in [6.07, 6.45) is -9.29. The van der Waals surface area contributed by atoms with E-state index in [0.717, 1.165) is 16.7 Å². The van der Waals surface area contributed by atoms with E-state index in [4.69, 9.17) is 52.1 Å². The molecule has 3 aromatic carbocycles. The summed E-state index contributed by atoms with van der Waals surface area (Å²) in [5.41, 5.74) is 2.78. The monoisotopic (exact) mass is 740 g/mol.